The van der Waals surface area contributed by atoms with Gasteiger partial charge in [-0.3, -0.25) is 4.90 Å². The second-order valence-corrected chi connectivity index (χ2v) is 5.15. The molecule has 0 aromatic carbocycles. The number of ether oxygens (including phenoxy) is 1. The van der Waals surface area contributed by atoms with Crippen molar-refractivity contribution in [2.45, 2.75) is 26.4 Å². The summed E-state index contributed by atoms with van der Waals surface area (Å²) in [4.78, 5) is 6.97. The molecule has 0 amide bonds. The number of furan rings is 1. The molecule has 1 unspecified atom stereocenters. The number of hydrogen-bond acceptors (Lipinski definition) is 4. The number of aliphatic imine (C=N–C) groups is 1. The van der Waals surface area contributed by atoms with Crippen LogP contribution in [0.3, 0.4) is 0 Å². The van der Waals surface area contributed by atoms with Crippen LogP contribution in [0.2, 0.25) is 0 Å². The minimum Gasteiger partial charge on any atom is -0.467 e. The molecule has 21 heavy (non-hydrogen) atoms. The molecule has 2 rings (SSSR count). The highest BCUT2D eigenvalue weighted by Crippen LogP contribution is 2.03. The van der Waals surface area contributed by atoms with Crippen molar-refractivity contribution in [3.8, 4) is 0 Å². The quantitative estimate of drug-likeness (QED) is 0.607. The van der Waals surface area contributed by atoms with Crippen molar-refractivity contribution >= 4 is 5.96 Å². The molecule has 1 aliphatic heterocycles. The minimum atomic E-state index is 0.460. The van der Waals surface area contributed by atoms with Crippen molar-refractivity contribution in [1.29, 1.82) is 0 Å². The van der Waals surface area contributed by atoms with Gasteiger partial charge in [-0.2, -0.15) is 0 Å². The van der Waals surface area contributed by atoms with Crippen LogP contribution in [0.5, 0.6) is 0 Å². The summed E-state index contributed by atoms with van der Waals surface area (Å²) in [6.07, 6.45) is 1.67. The number of hydrogen-bond donors (Lipinski definition) is 2. The lowest BCUT2D eigenvalue weighted by molar-refractivity contribution is 0.0211. The Balaban J connectivity index is 1.79. The second-order valence-electron chi connectivity index (χ2n) is 5.15. The summed E-state index contributed by atoms with van der Waals surface area (Å²) in [5.74, 6) is 1.70. The van der Waals surface area contributed by atoms with E-state index in [0.717, 1.165) is 51.1 Å². The summed E-state index contributed by atoms with van der Waals surface area (Å²) < 4.78 is 10.7. The Bertz CT molecular complexity index is 413. The Morgan fingerprint density at radius 3 is 2.86 bits per heavy atom. The van der Waals surface area contributed by atoms with Gasteiger partial charge < -0.3 is 19.8 Å². The number of nitrogens with one attached hydrogen (secondary N) is 2. The van der Waals surface area contributed by atoms with Crippen LogP contribution in [0.4, 0.5) is 0 Å². The lowest BCUT2D eigenvalue weighted by Gasteiger charge is -2.32. The van der Waals surface area contributed by atoms with Gasteiger partial charge in [0.15, 0.2) is 5.96 Å². The molecule has 0 saturated carbocycles. The molecular weight excluding hydrogens is 268 g/mol. The average Bonchev–Trinajstić information content (AvgIpc) is 3.04. The van der Waals surface area contributed by atoms with Crippen LogP contribution in [-0.4, -0.2) is 56.3 Å². The molecule has 6 nitrogen and oxygen atoms in total. The highest BCUT2D eigenvalue weighted by atomic mass is 16.5. The summed E-state index contributed by atoms with van der Waals surface area (Å²) in [7, 11) is 0. The van der Waals surface area contributed by atoms with Gasteiger partial charge in [0.2, 0.25) is 0 Å². The molecule has 0 spiro atoms. The van der Waals surface area contributed by atoms with Crippen LogP contribution in [0.15, 0.2) is 27.8 Å². The van der Waals surface area contributed by atoms with E-state index in [1.54, 1.807) is 6.26 Å². The van der Waals surface area contributed by atoms with E-state index in [4.69, 9.17) is 9.15 Å². The van der Waals surface area contributed by atoms with Crippen LogP contribution >= 0.6 is 0 Å². The van der Waals surface area contributed by atoms with E-state index >= 15 is 0 Å². The summed E-state index contributed by atoms with van der Waals surface area (Å²) in [6.45, 7) is 10.2. The Kier molecular flexibility index (Phi) is 6.56. The molecule has 1 aliphatic rings. The zero-order valence-corrected chi connectivity index (χ0v) is 13.0. The fourth-order valence-corrected chi connectivity index (χ4v) is 2.29. The predicted octanol–water partition coefficient (Wildman–Crippen LogP) is 1.06. The molecule has 0 bridgehead atoms. The number of guanidine groups is 1. The summed E-state index contributed by atoms with van der Waals surface area (Å²) in [6, 6.07) is 4.27. The monoisotopic (exact) mass is 294 g/mol. The van der Waals surface area contributed by atoms with Crippen LogP contribution in [-0.2, 0) is 11.3 Å². The zero-order valence-electron chi connectivity index (χ0n) is 13.0. The predicted molar refractivity (Wildman–Crippen MR) is 83.4 cm³/mol. The standard InChI is InChI=1S/C15H26N4O2/c1-3-16-15(18-12-14-5-4-8-21-14)17-11-13(2)19-6-9-20-10-7-19/h4-5,8,13H,3,6-7,9-12H2,1-2H3,(H2,16,17,18). The van der Waals surface area contributed by atoms with Gasteiger partial charge in [0.25, 0.3) is 0 Å². The third-order valence-electron chi connectivity index (χ3n) is 3.55. The SMILES string of the molecule is CCNC(=NCc1ccco1)NCC(C)N1CCOCC1. The summed E-state index contributed by atoms with van der Waals surface area (Å²) in [5, 5.41) is 6.65. The Hall–Kier alpha value is -1.53. The Morgan fingerprint density at radius 2 is 2.19 bits per heavy atom. The topological polar surface area (TPSA) is 62.0 Å². The molecule has 0 aliphatic carbocycles. The second kappa shape index (κ2) is 8.69. The fourth-order valence-electron chi connectivity index (χ4n) is 2.29. The van der Waals surface area contributed by atoms with Gasteiger partial charge in [-0.25, -0.2) is 4.99 Å². The van der Waals surface area contributed by atoms with Crippen LogP contribution < -0.4 is 10.6 Å². The van der Waals surface area contributed by atoms with Crippen LogP contribution in [0.1, 0.15) is 19.6 Å². The van der Waals surface area contributed by atoms with E-state index in [1.165, 1.54) is 0 Å². The largest absolute Gasteiger partial charge is 0.467 e. The van der Waals surface area contributed by atoms with Crippen molar-refractivity contribution in [3.63, 3.8) is 0 Å². The van der Waals surface area contributed by atoms with Crippen molar-refractivity contribution in [2.75, 3.05) is 39.4 Å². The van der Waals surface area contributed by atoms with Gasteiger partial charge in [0, 0.05) is 32.2 Å². The lowest BCUT2D eigenvalue weighted by Crippen LogP contribution is -2.49. The normalized spacial score (nSPS) is 18.5. The minimum absolute atomic E-state index is 0.460. The van der Waals surface area contributed by atoms with Crippen molar-refractivity contribution < 1.29 is 9.15 Å². The van der Waals surface area contributed by atoms with E-state index in [9.17, 15) is 0 Å². The van der Waals surface area contributed by atoms with Crippen LogP contribution in [0.25, 0.3) is 0 Å². The van der Waals surface area contributed by atoms with Gasteiger partial charge in [0.05, 0.1) is 19.5 Å². The Labute approximate surface area is 126 Å². The molecule has 118 valence electrons. The third kappa shape index (κ3) is 5.40. The van der Waals surface area contributed by atoms with Crippen molar-refractivity contribution in [3.05, 3.63) is 24.2 Å². The molecule has 6 heteroatoms. The molecule has 2 heterocycles. The molecule has 1 atom stereocenters. The number of nitrogens with zero attached hydrogens (tertiary/aromatic N) is 2. The third-order valence-corrected chi connectivity index (χ3v) is 3.55. The van der Waals surface area contributed by atoms with E-state index < -0.39 is 0 Å². The average molecular weight is 294 g/mol. The van der Waals surface area contributed by atoms with E-state index in [2.05, 4.69) is 34.4 Å². The van der Waals surface area contributed by atoms with Gasteiger partial charge in [0.1, 0.15) is 12.3 Å². The summed E-state index contributed by atoms with van der Waals surface area (Å²) in [5.41, 5.74) is 0. The molecule has 2 N–H and O–H groups in total. The maximum atomic E-state index is 5.39. The first kappa shape index (κ1) is 15.9. The van der Waals surface area contributed by atoms with E-state index in [1.807, 2.05) is 12.1 Å². The number of rotatable bonds is 6. The first-order chi connectivity index (χ1) is 10.3. The first-order valence-corrected chi connectivity index (χ1v) is 7.66. The van der Waals surface area contributed by atoms with E-state index in [0.29, 0.717) is 12.6 Å². The van der Waals surface area contributed by atoms with Gasteiger partial charge >= 0.3 is 0 Å². The van der Waals surface area contributed by atoms with Crippen molar-refractivity contribution in [1.82, 2.24) is 15.5 Å². The molecule has 1 aromatic rings. The zero-order chi connectivity index (χ0) is 14.9. The van der Waals surface area contributed by atoms with Crippen molar-refractivity contribution in [2.24, 2.45) is 4.99 Å². The maximum absolute atomic E-state index is 5.39. The van der Waals surface area contributed by atoms with Gasteiger partial charge in [-0.05, 0) is 26.0 Å². The first-order valence-electron chi connectivity index (χ1n) is 7.66. The highest BCUT2D eigenvalue weighted by Gasteiger charge is 2.16. The highest BCUT2D eigenvalue weighted by molar-refractivity contribution is 5.79. The lowest BCUT2D eigenvalue weighted by atomic mass is 10.2. The number of morpholine rings is 1. The molecule has 0 radical (unpaired) electrons. The molecule has 1 saturated heterocycles. The van der Waals surface area contributed by atoms with Crippen LogP contribution in [0, 0.1) is 0 Å². The molecule has 1 aromatic heterocycles. The Morgan fingerprint density at radius 1 is 1.38 bits per heavy atom. The smallest absolute Gasteiger partial charge is 0.191 e. The van der Waals surface area contributed by atoms with Gasteiger partial charge in [-0.1, -0.05) is 0 Å². The summed E-state index contributed by atoms with van der Waals surface area (Å²) >= 11 is 0. The molecule has 1 fully saturated rings. The fraction of sp³-hybridized carbons (Fsp3) is 0.667. The van der Waals surface area contributed by atoms with Gasteiger partial charge in [-0.15, -0.1) is 0 Å². The van der Waals surface area contributed by atoms with E-state index in [-0.39, 0.29) is 0 Å². The maximum Gasteiger partial charge on any atom is 0.191 e. The molecular formula is C15H26N4O2.